The normalized spacial score (nSPS) is 21.1. The van der Waals surface area contributed by atoms with Crippen LogP contribution in [0.25, 0.3) is 0 Å². The van der Waals surface area contributed by atoms with Crippen molar-refractivity contribution in [2.45, 2.75) is 10.3 Å². The highest BCUT2D eigenvalue weighted by atomic mass is 32.2. The third-order valence-corrected chi connectivity index (χ3v) is 7.12. The summed E-state index contributed by atoms with van der Waals surface area (Å²) in [7, 11) is -0.0924. The van der Waals surface area contributed by atoms with Gasteiger partial charge in [-0.2, -0.15) is 4.31 Å². The highest BCUT2D eigenvalue weighted by molar-refractivity contribution is 7.91. The van der Waals surface area contributed by atoms with Gasteiger partial charge in [-0.3, -0.25) is 4.90 Å². The Bertz CT molecular complexity index is 726. The zero-order valence-corrected chi connectivity index (χ0v) is 14.0. The Morgan fingerprint density at radius 3 is 2.95 bits per heavy atom. The van der Waals surface area contributed by atoms with Gasteiger partial charge in [0.1, 0.15) is 11.6 Å². The minimum Gasteiger partial charge on any atom is -0.494 e. The Hall–Kier alpha value is -1.42. The van der Waals surface area contributed by atoms with E-state index in [1.165, 1.54) is 22.8 Å². The van der Waals surface area contributed by atoms with Crippen LogP contribution in [0.5, 0.6) is 5.75 Å². The molecule has 3 rings (SSSR count). The number of hydrogen-bond acceptors (Lipinski definition) is 6. The molecular weight excluding hydrogens is 324 g/mol. The van der Waals surface area contributed by atoms with Crippen molar-refractivity contribution >= 4 is 21.4 Å². The molecule has 1 aliphatic rings. The number of nitrogens with zero attached hydrogens (tertiary/aromatic N) is 3. The highest BCUT2D eigenvalue weighted by Crippen LogP contribution is 2.34. The van der Waals surface area contributed by atoms with E-state index in [9.17, 15) is 8.42 Å². The molecule has 0 spiro atoms. The van der Waals surface area contributed by atoms with E-state index >= 15 is 0 Å². The van der Waals surface area contributed by atoms with E-state index in [2.05, 4.69) is 14.9 Å². The fraction of sp³-hybridized carbons (Fsp3) is 0.462. The molecular formula is C13H18N4O3S2. The van der Waals surface area contributed by atoms with E-state index in [1.54, 1.807) is 23.8 Å². The standard InChI is InChI=1S/C13H18N4O3S2/c1-16-6-7-17(9-10(16)12-14-4-5-15-12)22(18,19)13-11(20-2)3-8-21-13/h3-5,8,10H,6-7,9H2,1-2H3,(H,14,15)/t10-/m1/s1. The lowest BCUT2D eigenvalue weighted by Crippen LogP contribution is -2.49. The molecule has 0 bridgehead atoms. The minimum absolute atomic E-state index is 0.0792. The van der Waals surface area contributed by atoms with Crippen LogP contribution >= 0.6 is 11.3 Å². The topological polar surface area (TPSA) is 78.5 Å². The van der Waals surface area contributed by atoms with Gasteiger partial charge in [-0.25, -0.2) is 13.4 Å². The molecule has 0 radical (unpaired) electrons. The fourth-order valence-corrected chi connectivity index (χ4v) is 5.41. The molecule has 7 nitrogen and oxygen atoms in total. The summed E-state index contributed by atoms with van der Waals surface area (Å²) in [5, 5.41) is 1.73. The maximum Gasteiger partial charge on any atom is 0.256 e. The van der Waals surface area contributed by atoms with Crippen molar-refractivity contribution in [3.05, 3.63) is 29.7 Å². The maximum absolute atomic E-state index is 12.9. The van der Waals surface area contributed by atoms with Gasteiger partial charge < -0.3 is 9.72 Å². The Morgan fingerprint density at radius 1 is 1.45 bits per heavy atom. The second-order valence-corrected chi connectivity index (χ2v) is 8.16. The van der Waals surface area contributed by atoms with Crippen LogP contribution in [-0.4, -0.2) is 61.4 Å². The van der Waals surface area contributed by atoms with Crippen LogP contribution in [0.4, 0.5) is 0 Å². The summed E-state index contributed by atoms with van der Waals surface area (Å²) in [4.78, 5) is 9.44. The zero-order chi connectivity index (χ0) is 15.7. The molecule has 2 aromatic heterocycles. The van der Waals surface area contributed by atoms with Crippen LogP contribution in [0.2, 0.25) is 0 Å². The van der Waals surface area contributed by atoms with Gasteiger partial charge in [-0.15, -0.1) is 11.3 Å². The SMILES string of the molecule is COc1ccsc1S(=O)(=O)N1CCN(C)[C@@H](c2ncc[nH]2)C1. The number of sulfonamides is 1. The first-order valence-electron chi connectivity index (χ1n) is 6.85. The molecule has 0 saturated carbocycles. The van der Waals surface area contributed by atoms with Gasteiger partial charge >= 0.3 is 0 Å². The van der Waals surface area contributed by atoms with Gasteiger partial charge in [0.25, 0.3) is 10.0 Å². The van der Waals surface area contributed by atoms with Crippen molar-refractivity contribution in [3.63, 3.8) is 0 Å². The molecule has 120 valence electrons. The van der Waals surface area contributed by atoms with E-state index in [1.807, 2.05) is 7.05 Å². The number of hydrogen-bond donors (Lipinski definition) is 1. The van der Waals surface area contributed by atoms with Gasteiger partial charge in [-0.05, 0) is 18.5 Å². The van der Waals surface area contributed by atoms with Crippen LogP contribution in [0.1, 0.15) is 11.9 Å². The molecule has 0 unspecified atom stereocenters. The molecule has 1 aliphatic heterocycles. The average molecular weight is 342 g/mol. The molecule has 22 heavy (non-hydrogen) atoms. The monoisotopic (exact) mass is 342 g/mol. The minimum atomic E-state index is -3.55. The number of imidazole rings is 1. The largest absolute Gasteiger partial charge is 0.494 e. The van der Waals surface area contributed by atoms with Crippen molar-refractivity contribution in [2.75, 3.05) is 33.8 Å². The smallest absolute Gasteiger partial charge is 0.256 e. The number of H-pyrrole nitrogens is 1. The summed E-state index contributed by atoms with van der Waals surface area (Å²) in [5.41, 5.74) is 0. The third-order valence-electron chi connectivity index (χ3n) is 3.84. The van der Waals surface area contributed by atoms with E-state index < -0.39 is 10.0 Å². The highest BCUT2D eigenvalue weighted by Gasteiger charge is 2.36. The number of aromatic amines is 1. The second kappa shape index (κ2) is 5.99. The maximum atomic E-state index is 12.9. The summed E-state index contributed by atoms with van der Waals surface area (Å²) < 4.78 is 32.6. The average Bonchev–Trinajstić information content (AvgIpc) is 3.18. The Labute approximate surface area is 133 Å². The number of methoxy groups -OCH3 is 1. The van der Waals surface area contributed by atoms with Crippen molar-refractivity contribution in [3.8, 4) is 5.75 Å². The summed E-state index contributed by atoms with van der Waals surface area (Å²) in [6.45, 7) is 1.47. The number of piperazine rings is 1. The molecule has 0 aromatic carbocycles. The van der Waals surface area contributed by atoms with Crippen molar-refractivity contribution in [2.24, 2.45) is 0 Å². The predicted molar refractivity (Wildman–Crippen MR) is 83.6 cm³/mol. The van der Waals surface area contributed by atoms with Crippen LogP contribution in [-0.2, 0) is 10.0 Å². The lowest BCUT2D eigenvalue weighted by molar-refractivity contribution is 0.142. The molecule has 2 aromatic rings. The Kier molecular flexibility index (Phi) is 4.22. The molecule has 1 N–H and O–H groups in total. The van der Waals surface area contributed by atoms with Crippen LogP contribution in [0.15, 0.2) is 28.0 Å². The third kappa shape index (κ3) is 2.65. The van der Waals surface area contributed by atoms with E-state index in [0.717, 1.165) is 5.82 Å². The predicted octanol–water partition coefficient (Wildman–Crippen LogP) is 1.16. The molecule has 3 heterocycles. The van der Waals surface area contributed by atoms with E-state index in [4.69, 9.17) is 4.74 Å². The number of rotatable bonds is 4. The van der Waals surface area contributed by atoms with E-state index in [0.29, 0.717) is 25.4 Å². The Balaban J connectivity index is 1.89. The van der Waals surface area contributed by atoms with Crippen LogP contribution in [0, 0.1) is 0 Å². The van der Waals surface area contributed by atoms with E-state index in [-0.39, 0.29) is 10.3 Å². The van der Waals surface area contributed by atoms with Crippen molar-refractivity contribution in [1.82, 2.24) is 19.2 Å². The number of ether oxygens (including phenoxy) is 1. The van der Waals surface area contributed by atoms with Crippen LogP contribution < -0.4 is 4.74 Å². The molecule has 0 aliphatic carbocycles. The van der Waals surface area contributed by atoms with Crippen molar-refractivity contribution < 1.29 is 13.2 Å². The first-order chi connectivity index (χ1) is 10.5. The summed E-state index contributed by atoms with van der Waals surface area (Å²) in [5.74, 6) is 1.18. The first-order valence-corrected chi connectivity index (χ1v) is 9.17. The molecule has 1 fully saturated rings. The quantitative estimate of drug-likeness (QED) is 0.902. The molecule has 0 amide bonds. The lowest BCUT2D eigenvalue weighted by atomic mass is 10.2. The van der Waals surface area contributed by atoms with Gasteiger partial charge in [0.05, 0.1) is 13.2 Å². The number of aromatic nitrogens is 2. The number of nitrogens with one attached hydrogen (secondary N) is 1. The Morgan fingerprint density at radius 2 is 2.27 bits per heavy atom. The van der Waals surface area contributed by atoms with Gasteiger partial charge in [0.15, 0.2) is 4.21 Å². The van der Waals surface area contributed by atoms with Gasteiger partial charge in [0.2, 0.25) is 0 Å². The lowest BCUT2D eigenvalue weighted by Gasteiger charge is -2.37. The number of likely N-dealkylation sites (N-methyl/N-ethyl adjacent to an activating group) is 1. The summed E-state index contributed by atoms with van der Waals surface area (Å²) in [6, 6.07) is 1.60. The molecule has 9 heteroatoms. The molecule has 1 saturated heterocycles. The fourth-order valence-electron chi connectivity index (χ4n) is 2.56. The zero-order valence-electron chi connectivity index (χ0n) is 12.4. The first kappa shape index (κ1) is 15.5. The molecule has 1 atom stereocenters. The second-order valence-electron chi connectivity index (χ2n) is 5.11. The van der Waals surface area contributed by atoms with Crippen molar-refractivity contribution in [1.29, 1.82) is 0 Å². The number of thiophene rings is 1. The summed E-state index contributed by atoms with van der Waals surface area (Å²) in [6.07, 6.45) is 3.43. The van der Waals surface area contributed by atoms with Gasteiger partial charge in [-0.1, -0.05) is 0 Å². The van der Waals surface area contributed by atoms with Gasteiger partial charge in [0, 0.05) is 32.0 Å². The van der Waals surface area contributed by atoms with Crippen LogP contribution in [0.3, 0.4) is 0 Å². The summed E-state index contributed by atoms with van der Waals surface area (Å²) >= 11 is 1.18.